The van der Waals surface area contributed by atoms with Gasteiger partial charge in [-0.3, -0.25) is 4.79 Å². The van der Waals surface area contributed by atoms with Crippen molar-refractivity contribution in [2.45, 2.75) is 24.8 Å². The molecule has 0 saturated carbocycles. The molecule has 2 aromatic carbocycles. The van der Waals surface area contributed by atoms with Crippen LogP contribution < -0.4 is 14.8 Å². The highest BCUT2D eigenvalue weighted by atomic mass is 32.2. The smallest absolute Gasteiger partial charge is 0.253 e. The van der Waals surface area contributed by atoms with Gasteiger partial charge in [0.05, 0.1) is 36.5 Å². The molecule has 0 aromatic heterocycles. The van der Waals surface area contributed by atoms with Crippen LogP contribution in [-0.4, -0.2) is 34.3 Å². The minimum Gasteiger partial charge on any atom is -0.497 e. The zero-order chi connectivity index (χ0) is 19.3. The van der Waals surface area contributed by atoms with Crippen molar-refractivity contribution >= 4 is 15.7 Å². The fourth-order valence-electron chi connectivity index (χ4n) is 2.61. The highest BCUT2D eigenvalue weighted by molar-refractivity contribution is 7.91. The van der Waals surface area contributed by atoms with Crippen LogP contribution in [0.25, 0.3) is 0 Å². The third-order valence-electron chi connectivity index (χ3n) is 4.10. The molecule has 2 aromatic rings. The maximum atomic E-state index is 12.7. The van der Waals surface area contributed by atoms with E-state index in [0.29, 0.717) is 11.5 Å². The molecule has 1 unspecified atom stereocenters. The summed E-state index contributed by atoms with van der Waals surface area (Å²) in [6, 6.07) is 11.1. The SMILES string of the molecule is CCS(=O)(=O)c1ccccc1C(=O)NC(C)c1cc(OC)ccc1OC. The van der Waals surface area contributed by atoms with Crippen molar-refractivity contribution in [2.75, 3.05) is 20.0 Å². The van der Waals surface area contributed by atoms with Gasteiger partial charge in [0.1, 0.15) is 11.5 Å². The third-order valence-corrected chi connectivity index (χ3v) is 5.88. The average molecular weight is 377 g/mol. The van der Waals surface area contributed by atoms with Gasteiger partial charge in [0, 0.05) is 5.56 Å². The van der Waals surface area contributed by atoms with E-state index in [1.807, 2.05) is 0 Å². The Bertz CT molecular complexity index is 893. The molecule has 0 saturated heterocycles. The molecule has 0 aliphatic carbocycles. The van der Waals surface area contributed by atoms with Gasteiger partial charge in [-0.2, -0.15) is 0 Å². The first-order valence-electron chi connectivity index (χ1n) is 8.18. The number of hydrogen-bond donors (Lipinski definition) is 1. The van der Waals surface area contributed by atoms with Crippen LogP contribution in [0, 0.1) is 0 Å². The Hall–Kier alpha value is -2.54. The lowest BCUT2D eigenvalue weighted by molar-refractivity contribution is 0.0936. The first-order chi connectivity index (χ1) is 12.3. The third kappa shape index (κ3) is 4.16. The van der Waals surface area contributed by atoms with E-state index in [1.54, 1.807) is 58.4 Å². The number of carbonyl (C=O) groups excluding carboxylic acids is 1. The molecule has 1 N–H and O–H groups in total. The number of carbonyl (C=O) groups is 1. The minimum atomic E-state index is -3.50. The summed E-state index contributed by atoms with van der Waals surface area (Å²) < 4.78 is 35.1. The van der Waals surface area contributed by atoms with E-state index < -0.39 is 21.8 Å². The highest BCUT2D eigenvalue weighted by Crippen LogP contribution is 2.29. The van der Waals surface area contributed by atoms with Crippen LogP contribution in [0.4, 0.5) is 0 Å². The minimum absolute atomic E-state index is 0.0322. The summed E-state index contributed by atoms with van der Waals surface area (Å²) in [6.45, 7) is 3.35. The second kappa shape index (κ2) is 8.23. The molecule has 0 heterocycles. The van der Waals surface area contributed by atoms with Gasteiger partial charge in [-0.1, -0.05) is 19.1 Å². The predicted octanol–water partition coefficient (Wildman–Crippen LogP) is 2.99. The Morgan fingerprint density at radius 3 is 2.42 bits per heavy atom. The Balaban J connectivity index is 2.34. The summed E-state index contributed by atoms with van der Waals surface area (Å²) in [5.74, 6) is 0.704. The van der Waals surface area contributed by atoms with E-state index in [0.717, 1.165) is 5.56 Å². The molecule has 0 spiro atoms. The van der Waals surface area contributed by atoms with Crippen LogP contribution in [0.1, 0.15) is 35.8 Å². The van der Waals surface area contributed by atoms with Crippen molar-refractivity contribution in [1.29, 1.82) is 0 Å². The van der Waals surface area contributed by atoms with Crippen molar-refractivity contribution in [3.05, 3.63) is 53.6 Å². The number of methoxy groups -OCH3 is 2. The van der Waals surface area contributed by atoms with E-state index in [9.17, 15) is 13.2 Å². The van der Waals surface area contributed by atoms with Crippen LogP contribution in [0.3, 0.4) is 0 Å². The van der Waals surface area contributed by atoms with E-state index in [-0.39, 0.29) is 16.2 Å². The summed E-state index contributed by atoms with van der Waals surface area (Å²) in [4.78, 5) is 12.8. The van der Waals surface area contributed by atoms with E-state index >= 15 is 0 Å². The highest BCUT2D eigenvalue weighted by Gasteiger charge is 2.22. The molecule has 2 rings (SSSR count). The number of benzene rings is 2. The van der Waals surface area contributed by atoms with Crippen LogP contribution in [0.5, 0.6) is 11.5 Å². The van der Waals surface area contributed by atoms with E-state index in [2.05, 4.69) is 5.32 Å². The molecular weight excluding hydrogens is 354 g/mol. The first kappa shape index (κ1) is 19.8. The largest absolute Gasteiger partial charge is 0.497 e. The second-order valence-electron chi connectivity index (χ2n) is 5.70. The van der Waals surface area contributed by atoms with E-state index in [4.69, 9.17) is 9.47 Å². The van der Waals surface area contributed by atoms with Gasteiger partial charge in [0.2, 0.25) is 0 Å². The normalized spacial score (nSPS) is 12.3. The molecular formula is C19H23NO5S. The monoisotopic (exact) mass is 377 g/mol. The lowest BCUT2D eigenvalue weighted by atomic mass is 10.1. The number of ether oxygens (including phenoxy) is 2. The lowest BCUT2D eigenvalue weighted by Crippen LogP contribution is -2.28. The molecule has 140 valence electrons. The molecule has 1 amide bonds. The van der Waals surface area contributed by atoms with Gasteiger partial charge >= 0.3 is 0 Å². The average Bonchev–Trinajstić information content (AvgIpc) is 2.67. The summed E-state index contributed by atoms with van der Waals surface area (Å²) >= 11 is 0. The molecule has 6 nitrogen and oxygen atoms in total. The van der Waals surface area contributed by atoms with Crippen molar-refractivity contribution < 1.29 is 22.7 Å². The summed E-state index contributed by atoms with van der Waals surface area (Å²) in [6.07, 6.45) is 0. The van der Waals surface area contributed by atoms with Gasteiger partial charge in [-0.05, 0) is 37.3 Å². The molecule has 0 aliphatic rings. The van der Waals surface area contributed by atoms with Crippen LogP contribution in [0.2, 0.25) is 0 Å². The number of hydrogen-bond acceptors (Lipinski definition) is 5. The van der Waals surface area contributed by atoms with Crippen LogP contribution in [-0.2, 0) is 9.84 Å². The quantitative estimate of drug-likeness (QED) is 0.802. The second-order valence-corrected chi connectivity index (χ2v) is 7.95. The Kier molecular flexibility index (Phi) is 6.26. The number of sulfone groups is 1. The van der Waals surface area contributed by atoms with Gasteiger partial charge in [-0.15, -0.1) is 0 Å². The summed E-state index contributed by atoms with van der Waals surface area (Å²) in [5.41, 5.74) is 0.860. The van der Waals surface area contributed by atoms with Crippen molar-refractivity contribution in [1.82, 2.24) is 5.32 Å². The lowest BCUT2D eigenvalue weighted by Gasteiger charge is -2.19. The Morgan fingerprint density at radius 2 is 1.81 bits per heavy atom. The van der Waals surface area contributed by atoms with Gasteiger partial charge < -0.3 is 14.8 Å². The molecule has 0 bridgehead atoms. The Morgan fingerprint density at radius 1 is 1.12 bits per heavy atom. The number of nitrogens with one attached hydrogen (secondary N) is 1. The summed E-state index contributed by atoms with van der Waals surface area (Å²) in [5, 5.41) is 2.84. The van der Waals surface area contributed by atoms with Gasteiger partial charge in [-0.25, -0.2) is 8.42 Å². The zero-order valence-electron chi connectivity index (χ0n) is 15.3. The maximum absolute atomic E-state index is 12.7. The molecule has 0 aliphatic heterocycles. The molecule has 7 heteroatoms. The van der Waals surface area contributed by atoms with Crippen molar-refractivity contribution in [3.8, 4) is 11.5 Å². The van der Waals surface area contributed by atoms with Gasteiger partial charge in [0.25, 0.3) is 5.91 Å². The van der Waals surface area contributed by atoms with Crippen molar-refractivity contribution in [2.24, 2.45) is 0 Å². The fourth-order valence-corrected chi connectivity index (χ4v) is 3.70. The van der Waals surface area contributed by atoms with E-state index in [1.165, 1.54) is 12.1 Å². The standard InChI is InChI=1S/C19H23NO5S/c1-5-26(22,23)18-9-7-6-8-15(18)19(21)20-13(2)16-12-14(24-3)10-11-17(16)25-4/h6-13H,5H2,1-4H3,(H,20,21). The van der Waals surface area contributed by atoms with Gasteiger partial charge in [0.15, 0.2) is 9.84 Å². The Labute approximate surface area is 154 Å². The van der Waals surface area contributed by atoms with Crippen LogP contribution >= 0.6 is 0 Å². The molecule has 1 atom stereocenters. The summed E-state index contributed by atoms with van der Waals surface area (Å²) in [7, 11) is -0.402. The van der Waals surface area contributed by atoms with Crippen LogP contribution in [0.15, 0.2) is 47.4 Å². The maximum Gasteiger partial charge on any atom is 0.253 e. The zero-order valence-corrected chi connectivity index (χ0v) is 16.1. The number of rotatable bonds is 7. The predicted molar refractivity (Wildman–Crippen MR) is 99.6 cm³/mol. The molecule has 0 radical (unpaired) electrons. The van der Waals surface area contributed by atoms with Crippen molar-refractivity contribution in [3.63, 3.8) is 0 Å². The molecule has 26 heavy (non-hydrogen) atoms. The molecule has 0 fully saturated rings. The first-order valence-corrected chi connectivity index (χ1v) is 9.83. The topological polar surface area (TPSA) is 81.7 Å². The fraction of sp³-hybridized carbons (Fsp3) is 0.316. The number of amides is 1.